The predicted molar refractivity (Wildman–Crippen MR) is 71.2 cm³/mol. The van der Waals surface area contributed by atoms with E-state index in [1.54, 1.807) is 11.3 Å². The molecule has 1 aliphatic rings. The Morgan fingerprint density at radius 3 is 2.83 bits per heavy atom. The van der Waals surface area contributed by atoms with Gasteiger partial charge in [0.1, 0.15) is 5.69 Å². The highest BCUT2D eigenvalue weighted by molar-refractivity contribution is 7.09. The molecule has 0 saturated carbocycles. The molecule has 1 aliphatic heterocycles. The quantitative estimate of drug-likeness (QED) is 0.908. The first-order valence-corrected chi connectivity index (χ1v) is 6.94. The van der Waals surface area contributed by atoms with E-state index in [1.807, 2.05) is 17.5 Å². The van der Waals surface area contributed by atoms with Crippen molar-refractivity contribution in [2.75, 3.05) is 18.0 Å². The number of hydrogen-bond acceptors (Lipinski definition) is 5. The lowest BCUT2D eigenvalue weighted by molar-refractivity contribution is 0.807. The lowest BCUT2D eigenvalue weighted by atomic mass is 10.3. The molecule has 94 valence electrons. The molecule has 5 nitrogen and oxygen atoms in total. The highest BCUT2D eigenvalue weighted by Crippen LogP contribution is 2.14. The number of aromatic nitrogens is 3. The number of anilines is 1. The van der Waals surface area contributed by atoms with E-state index in [2.05, 4.69) is 20.1 Å². The van der Waals surface area contributed by atoms with Gasteiger partial charge in [-0.15, -0.1) is 21.5 Å². The van der Waals surface area contributed by atoms with E-state index in [0.717, 1.165) is 30.8 Å². The van der Waals surface area contributed by atoms with Crippen LogP contribution in [0.15, 0.2) is 22.3 Å². The van der Waals surface area contributed by atoms with Gasteiger partial charge in [-0.3, -0.25) is 9.78 Å². The van der Waals surface area contributed by atoms with E-state index >= 15 is 0 Å². The predicted octanol–water partition coefficient (Wildman–Crippen LogP) is 1.42. The molecule has 0 radical (unpaired) electrons. The standard InChI is InChI=1S/C12H14N4OS/c17-11-10(8-9-4-3-7-18-9)14-15-12(13-11)16-5-1-2-6-16/h3-4,7H,1-2,5-6,8H2,(H,13,15,17). The van der Waals surface area contributed by atoms with Gasteiger partial charge in [-0.1, -0.05) is 6.07 Å². The van der Waals surface area contributed by atoms with Crippen LogP contribution in [0, 0.1) is 0 Å². The molecule has 1 N–H and O–H groups in total. The Labute approximate surface area is 108 Å². The fourth-order valence-corrected chi connectivity index (χ4v) is 2.83. The number of nitrogens with zero attached hydrogens (tertiary/aromatic N) is 3. The Morgan fingerprint density at radius 1 is 1.33 bits per heavy atom. The average Bonchev–Trinajstić information content (AvgIpc) is 3.04. The van der Waals surface area contributed by atoms with E-state index in [4.69, 9.17) is 0 Å². The van der Waals surface area contributed by atoms with Crippen LogP contribution in [0.5, 0.6) is 0 Å². The van der Waals surface area contributed by atoms with Crippen LogP contribution in [0.4, 0.5) is 5.95 Å². The molecule has 0 atom stereocenters. The summed E-state index contributed by atoms with van der Waals surface area (Å²) in [5, 5.41) is 10.2. The van der Waals surface area contributed by atoms with Gasteiger partial charge >= 0.3 is 0 Å². The molecule has 0 aliphatic carbocycles. The van der Waals surface area contributed by atoms with Crippen molar-refractivity contribution in [2.24, 2.45) is 0 Å². The van der Waals surface area contributed by atoms with Gasteiger partial charge in [0.2, 0.25) is 5.95 Å². The van der Waals surface area contributed by atoms with Crippen LogP contribution in [0.1, 0.15) is 23.4 Å². The summed E-state index contributed by atoms with van der Waals surface area (Å²) < 4.78 is 0. The first-order valence-electron chi connectivity index (χ1n) is 6.06. The van der Waals surface area contributed by atoms with Gasteiger partial charge in [0.15, 0.2) is 0 Å². The summed E-state index contributed by atoms with van der Waals surface area (Å²) in [6, 6.07) is 3.97. The van der Waals surface area contributed by atoms with Crippen LogP contribution in [-0.4, -0.2) is 28.3 Å². The van der Waals surface area contributed by atoms with Crippen molar-refractivity contribution >= 4 is 17.3 Å². The molecule has 3 heterocycles. The largest absolute Gasteiger partial charge is 0.341 e. The summed E-state index contributed by atoms with van der Waals surface area (Å²) in [4.78, 5) is 18.0. The summed E-state index contributed by atoms with van der Waals surface area (Å²) >= 11 is 1.62. The normalized spacial score (nSPS) is 15.2. The molecule has 0 spiro atoms. The van der Waals surface area contributed by atoms with Gasteiger partial charge < -0.3 is 4.90 Å². The molecular formula is C12H14N4OS. The van der Waals surface area contributed by atoms with Crippen LogP contribution in [0.3, 0.4) is 0 Å². The van der Waals surface area contributed by atoms with Crippen LogP contribution >= 0.6 is 11.3 Å². The first-order chi connectivity index (χ1) is 8.83. The molecule has 1 fully saturated rings. The zero-order valence-corrected chi connectivity index (χ0v) is 10.7. The lowest BCUT2D eigenvalue weighted by Gasteiger charge is -2.14. The van der Waals surface area contributed by atoms with Crippen molar-refractivity contribution < 1.29 is 0 Å². The Hall–Kier alpha value is -1.69. The highest BCUT2D eigenvalue weighted by Gasteiger charge is 2.16. The van der Waals surface area contributed by atoms with E-state index < -0.39 is 0 Å². The second-order valence-corrected chi connectivity index (χ2v) is 5.41. The topological polar surface area (TPSA) is 61.9 Å². The van der Waals surface area contributed by atoms with Crippen molar-refractivity contribution in [3.8, 4) is 0 Å². The highest BCUT2D eigenvalue weighted by atomic mass is 32.1. The second-order valence-electron chi connectivity index (χ2n) is 4.37. The maximum absolute atomic E-state index is 11.9. The molecule has 0 amide bonds. The Balaban J connectivity index is 1.82. The van der Waals surface area contributed by atoms with Crippen LogP contribution in [0.2, 0.25) is 0 Å². The summed E-state index contributed by atoms with van der Waals surface area (Å²) in [7, 11) is 0. The van der Waals surface area contributed by atoms with Crippen molar-refractivity contribution in [3.63, 3.8) is 0 Å². The minimum Gasteiger partial charge on any atom is -0.341 e. The minimum atomic E-state index is -0.125. The van der Waals surface area contributed by atoms with E-state index in [1.165, 1.54) is 0 Å². The molecule has 0 unspecified atom stereocenters. The molecule has 0 aromatic carbocycles. The van der Waals surface area contributed by atoms with Gasteiger partial charge in [0.05, 0.1) is 0 Å². The molecule has 2 aromatic heterocycles. The van der Waals surface area contributed by atoms with Gasteiger partial charge in [-0.25, -0.2) is 0 Å². The summed E-state index contributed by atoms with van der Waals surface area (Å²) in [6.45, 7) is 1.91. The summed E-state index contributed by atoms with van der Waals surface area (Å²) in [5.74, 6) is 0.604. The van der Waals surface area contributed by atoms with E-state index in [9.17, 15) is 4.79 Å². The van der Waals surface area contributed by atoms with E-state index in [-0.39, 0.29) is 5.56 Å². The fourth-order valence-electron chi connectivity index (χ4n) is 2.12. The van der Waals surface area contributed by atoms with Gasteiger partial charge in [0, 0.05) is 24.4 Å². The number of nitrogens with one attached hydrogen (secondary N) is 1. The van der Waals surface area contributed by atoms with Crippen LogP contribution in [-0.2, 0) is 6.42 Å². The minimum absolute atomic E-state index is 0.125. The number of H-pyrrole nitrogens is 1. The molecule has 6 heteroatoms. The molecule has 2 aromatic rings. The Bertz CT molecular complexity index is 572. The van der Waals surface area contributed by atoms with Gasteiger partial charge in [-0.05, 0) is 24.3 Å². The first kappa shape index (κ1) is 11.4. The van der Waals surface area contributed by atoms with Gasteiger partial charge in [0.25, 0.3) is 5.56 Å². The summed E-state index contributed by atoms with van der Waals surface area (Å²) in [5.41, 5.74) is 0.362. The van der Waals surface area contributed by atoms with Crippen LogP contribution in [0.25, 0.3) is 0 Å². The van der Waals surface area contributed by atoms with E-state index in [0.29, 0.717) is 18.1 Å². The Kier molecular flexibility index (Phi) is 3.10. The van der Waals surface area contributed by atoms with Crippen molar-refractivity contribution in [1.29, 1.82) is 0 Å². The Morgan fingerprint density at radius 2 is 2.17 bits per heavy atom. The third-order valence-corrected chi connectivity index (χ3v) is 3.96. The lowest BCUT2D eigenvalue weighted by Crippen LogP contribution is -2.26. The fraction of sp³-hybridized carbons (Fsp3) is 0.417. The smallest absolute Gasteiger partial charge is 0.274 e. The molecule has 0 bridgehead atoms. The maximum Gasteiger partial charge on any atom is 0.274 e. The number of aromatic amines is 1. The number of thiophene rings is 1. The molecule has 1 saturated heterocycles. The third-order valence-electron chi connectivity index (χ3n) is 3.08. The van der Waals surface area contributed by atoms with Crippen LogP contribution < -0.4 is 10.5 Å². The zero-order chi connectivity index (χ0) is 12.4. The van der Waals surface area contributed by atoms with Crippen molar-refractivity contribution in [3.05, 3.63) is 38.4 Å². The second kappa shape index (κ2) is 4.89. The molecular weight excluding hydrogens is 248 g/mol. The average molecular weight is 262 g/mol. The van der Waals surface area contributed by atoms with Crippen molar-refractivity contribution in [2.45, 2.75) is 19.3 Å². The molecule has 18 heavy (non-hydrogen) atoms. The maximum atomic E-state index is 11.9. The van der Waals surface area contributed by atoms with Gasteiger partial charge in [-0.2, -0.15) is 0 Å². The van der Waals surface area contributed by atoms with Crippen molar-refractivity contribution in [1.82, 2.24) is 15.2 Å². The molecule has 3 rings (SSSR count). The SMILES string of the molecule is O=c1[nH]c(N2CCCC2)nnc1Cc1cccs1. The zero-order valence-electron chi connectivity index (χ0n) is 9.93. The monoisotopic (exact) mass is 262 g/mol. The summed E-state index contributed by atoms with van der Waals surface area (Å²) in [6.07, 6.45) is 2.86. The number of hydrogen-bond donors (Lipinski definition) is 1. The third kappa shape index (κ3) is 2.28. The number of rotatable bonds is 3.